The van der Waals surface area contributed by atoms with Gasteiger partial charge in [-0.15, -0.1) is 0 Å². The molecule has 2 heterocycles. The largest absolute Gasteiger partial charge is 0.384 e. The van der Waals surface area contributed by atoms with Crippen LogP contribution in [0.1, 0.15) is 19.3 Å². The van der Waals surface area contributed by atoms with Crippen molar-refractivity contribution in [3.63, 3.8) is 0 Å². The number of hydrogen-bond acceptors (Lipinski definition) is 5. The maximum atomic E-state index is 13.2. The summed E-state index contributed by atoms with van der Waals surface area (Å²) in [7, 11) is -3.76. The first-order chi connectivity index (χ1) is 16.3. The minimum Gasteiger partial charge on any atom is -0.384 e. The number of hydrogen-bond donors (Lipinski definition) is 2. The summed E-state index contributed by atoms with van der Waals surface area (Å²) in [6, 6.07) is 12.2. The second-order valence-electron chi connectivity index (χ2n) is 8.25. The summed E-state index contributed by atoms with van der Waals surface area (Å²) in [5.41, 5.74) is 1.75. The number of nitrogens with zero attached hydrogens (tertiary/aromatic N) is 2. The Morgan fingerprint density at radius 1 is 1.15 bits per heavy atom. The number of nitrogens with one attached hydrogen (secondary N) is 2. The van der Waals surface area contributed by atoms with E-state index in [0.717, 1.165) is 28.7 Å². The summed E-state index contributed by atoms with van der Waals surface area (Å²) >= 11 is 6.03. The Kier molecular flexibility index (Phi) is 7.65. The van der Waals surface area contributed by atoms with Crippen LogP contribution in [0.15, 0.2) is 59.6 Å². The summed E-state index contributed by atoms with van der Waals surface area (Å²) in [5, 5.41) is 7.89. The number of rotatable bonds is 8. The van der Waals surface area contributed by atoms with Crippen LogP contribution in [0.5, 0.6) is 0 Å². The number of amides is 1. The van der Waals surface area contributed by atoms with Crippen molar-refractivity contribution in [1.82, 2.24) is 14.6 Å². The first-order valence-corrected chi connectivity index (χ1v) is 13.0. The number of anilines is 1. The van der Waals surface area contributed by atoms with E-state index in [4.69, 9.17) is 11.6 Å². The monoisotopic (exact) mass is 504 g/mol. The van der Waals surface area contributed by atoms with Gasteiger partial charge in [-0.05, 0) is 67.8 Å². The highest BCUT2D eigenvalue weighted by Gasteiger charge is 2.33. The summed E-state index contributed by atoms with van der Waals surface area (Å²) < 4.78 is 40.2. The molecule has 0 spiro atoms. The number of fused-ring (bicyclic) bond motifs is 1. The minimum absolute atomic E-state index is 0.0342. The van der Waals surface area contributed by atoms with Gasteiger partial charge in [-0.3, -0.25) is 9.78 Å². The Labute approximate surface area is 203 Å². The third-order valence-corrected chi connectivity index (χ3v) is 7.99. The van der Waals surface area contributed by atoms with Crippen molar-refractivity contribution in [3.05, 3.63) is 65.6 Å². The number of piperidine rings is 1. The molecule has 0 bridgehead atoms. The molecule has 180 valence electrons. The van der Waals surface area contributed by atoms with E-state index in [2.05, 4.69) is 15.6 Å². The van der Waals surface area contributed by atoms with Crippen molar-refractivity contribution in [2.75, 3.05) is 31.5 Å². The van der Waals surface area contributed by atoms with E-state index < -0.39 is 21.8 Å². The summed E-state index contributed by atoms with van der Waals surface area (Å²) in [6.07, 6.45) is 3.65. The molecule has 10 heteroatoms. The number of halogens is 2. The van der Waals surface area contributed by atoms with E-state index in [1.54, 1.807) is 6.20 Å². The fourth-order valence-corrected chi connectivity index (χ4v) is 5.76. The molecule has 1 aliphatic rings. The van der Waals surface area contributed by atoms with Crippen molar-refractivity contribution >= 4 is 44.1 Å². The van der Waals surface area contributed by atoms with Crippen LogP contribution in [0.3, 0.4) is 0 Å². The molecule has 1 amide bonds. The smallest absolute Gasteiger partial charge is 0.243 e. The average Bonchev–Trinajstić information content (AvgIpc) is 2.84. The Morgan fingerprint density at radius 2 is 1.94 bits per heavy atom. The van der Waals surface area contributed by atoms with Crippen molar-refractivity contribution in [1.29, 1.82) is 0 Å². The highest BCUT2D eigenvalue weighted by Crippen LogP contribution is 2.25. The van der Waals surface area contributed by atoms with Crippen LogP contribution in [0.25, 0.3) is 10.9 Å². The van der Waals surface area contributed by atoms with E-state index in [1.165, 1.54) is 16.4 Å². The molecular weight excluding hydrogens is 479 g/mol. The Bertz CT molecular complexity index is 1270. The SMILES string of the molecule is O=C(NCCCNc1ccnc2cc(Cl)ccc12)[C@H]1CCCN(S(=O)(=O)c2ccc(F)cc2)C1. The van der Waals surface area contributed by atoms with Crippen molar-refractivity contribution < 1.29 is 17.6 Å². The van der Waals surface area contributed by atoms with Gasteiger partial charge in [0.2, 0.25) is 15.9 Å². The molecule has 2 N–H and O–H groups in total. The van der Waals surface area contributed by atoms with Crippen LogP contribution in [-0.2, 0) is 14.8 Å². The third kappa shape index (κ3) is 5.65. The Hall–Kier alpha value is -2.75. The molecule has 0 radical (unpaired) electrons. The molecular formula is C24H26ClFN4O3S. The standard InChI is InChI=1S/C24H26ClFN4O3S/c25-18-4-9-21-22(10-13-28-23(21)15-18)27-11-2-12-29-24(31)17-3-1-14-30(16-17)34(32,33)20-7-5-19(26)6-8-20/h4-10,13,15,17H,1-3,11-12,14,16H2,(H,27,28)(H,29,31)/t17-/m0/s1. The van der Waals surface area contributed by atoms with Gasteiger partial charge in [0.25, 0.3) is 0 Å². The van der Waals surface area contributed by atoms with Gasteiger partial charge in [-0.1, -0.05) is 11.6 Å². The van der Waals surface area contributed by atoms with Gasteiger partial charge >= 0.3 is 0 Å². The van der Waals surface area contributed by atoms with Crippen LogP contribution < -0.4 is 10.6 Å². The predicted molar refractivity (Wildman–Crippen MR) is 131 cm³/mol. The predicted octanol–water partition coefficient (Wildman–Crippen LogP) is 4.05. The summed E-state index contributed by atoms with van der Waals surface area (Å²) in [5.74, 6) is -1.06. The normalized spacial score (nSPS) is 16.9. The van der Waals surface area contributed by atoms with Crippen molar-refractivity contribution in [3.8, 4) is 0 Å². The molecule has 7 nitrogen and oxygen atoms in total. The second kappa shape index (κ2) is 10.7. The van der Waals surface area contributed by atoms with Crippen LogP contribution >= 0.6 is 11.6 Å². The lowest BCUT2D eigenvalue weighted by atomic mass is 9.99. The first-order valence-electron chi connectivity index (χ1n) is 11.2. The lowest BCUT2D eigenvalue weighted by Gasteiger charge is -2.31. The third-order valence-electron chi connectivity index (χ3n) is 5.88. The van der Waals surface area contributed by atoms with E-state index in [0.29, 0.717) is 43.9 Å². The molecule has 0 saturated carbocycles. The average molecular weight is 505 g/mol. The van der Waals surface area contributed by atoms with E-state index in [9.17, 15) is 17.6 Å². The lowest BCUT2D eigenvalue weighted by molar-refractivity contribution is -0.126. The van der Waals surface area contributed by atoms with Crippen molar-refractivity contribution in [2.24, 2.45) is 5.92 Å². The Morgan fingerprint density at radius 3 is 2.74 bits per heavy atom. The highest BCUT2D eigenvalue weighted by molar-refractivity contribution is 7.89. The van der Waals surface area contributed by atoms with E-state index in [1.807, 2.05) is 24.3 Å². The topological polar surface area (TPSA) is 91.4 Å². The number of pyridine rings is 1. The van der Waals surface area contributed by atoms with Crippen LogP contribution in [0, 0.1) is 11.7 Å². The highest BCUT2D eigenvalue weighted by atomic mass is 35.5. The van der Waals surface area contributed by atoms with Gasteiger partial charge in [-0.25, -0.2) is 12.8 Å². The maximum absolute atomic E-state index is 13.2. The molecule has 3 aromatic rings. The summed E-state index contributed by atoms with van der Waals surface area (Å²) in [4.78, 5) is 17.0. The van der Waals surface area contributed by atoms with Crippen LogP contribution in [-0.4, -0.2) is 49.8 Å². The molecule has 34 heavy (non-hydrogen) atoms. The zero-order chi connectivity index (χ0) is 24.1. The van der Waals surface area contributed by atoms with Gasteiger partial charge in [0.05, 0.1) is 16.3 Å². The molecule has 0 unspecified atom stereocenters. The zero-order valence-electron chi connectivity index (χ0n) is 18.5. The molecule has 1 saturated heterocycles. The van der Waals surface area contributed by atoms with Gasteiger partial charge in [0.1, 0.15) is 5.82 Å². The fraction of sp³-hybridized carbons (Fsp3) is 0.333. The zero-order valence-corrected chi connectivity index (χ0v) is 20.1. The first kappa shape index (κ1) is 24.4. The fourth-order valence-electron chi connectivity index (χ4n) is 4.07. The molecule has 4 rings (SSSR count). The van der Waals surface area contributed by atoms with E-state index >= 15 is 0 Å². The van der Waals surface area contributed by atoms with Crippen molar-refractivity contribution in [2.45, 2.75) is 24.2 Å². The molecule has 1 fully saturated rings. The minimum atomic E-state index is -3.76. The summed E-state index contributed by atoms with van der Waals surface area (Å²) in [6.45, 7) is 1.59. The number of carbonyl (C=O) groups excluding carboxylic acids is 1. The quantitative estimate of drug-likeness (QED) is 0.452. The number of benzene rings is 2. The number of sulfonamides is 1. The lowest BCUT2D eigenvalue weighted by Crippen LogP contribution is -2.45. The number of aromatic nitrogens is 1. The van der Waals surface area contributed by atoms with Crippen LogP contribution in [0.2, 0.25) is 5.02 Å². The second-order valence-corrected chi connectivity index (χ2v) is 10.6. The molecule has 2 aromatic carbocycles. The van der Waals surface area contributed by atoms with E-state index in [-0.39, 0.29) is 17.3 Å². The number of carbonyl (C=O) groups is 1. The molecule has 1 atom stereocenters. The van der Waals surface area contributed by atoms with Crippen LogP contribution in [0.4, 0.5) is 10.1 Å². The Balaban J connectivity index is 1.26. The molecule has 1 aromatic heterocycles. The molecule has 1 aliphatic heterocycles. The maximum Gasteiger partial charge on any atom is 0.243 e. The molecule has 0 aliphatic carbocycles. The van der Waals surface area contributed by atoms with Gasteiger partial charge in [-0.2, -0.15) is 4.31 Å². The van der Waals surface area contributed by atoms with Gasteiger partial charge in [0.15, 0.2) is 0 Å². The van der Waals surface area contributed by atoms with Gasteiger partial charge < -0.3 is 10.6 Å². The van der Waals surface area contributed by atoms with Gasteiger partial charge in [0, 0.05) is 48.5 Å².